The minimum absolute atomic E-state index is 0.0245. The molecule has 1 amide bonds. The summed E-state index contributed by atoms with van der Waals surface area (Å²) in [7, 11) is 3.93. The first-order chi connectivity index (χ1) is 18.4. The van der Waals surface area contributed by atoms with Gasteiger partial charge in [0, 0.05) is 44.0 Å². The van der Waals surface area contributed by atoms with Crippen molar-refractivity contribution in [2.75, 3.05) is 39.5 Å². The summed E-state index contributed by atoms with van der Waals surface area (Å²) in [6.45, 7) is 2.66. The molecule has 0 spiro atoms. The quantitative estimate of drug-likeness (QED) is 0.348. The van der Waals surface area contributed by atoms with Crippen molar-refractivity contribution in [3.8, 4) is 22.6 Å². The van der Waals surface area contributed by atoms with Crippen molar-refractivity contribution in [2.45, 2.75) is 13.0 Å². The number of aromatic amines is 1. The maximum absolute atomic E-state index is 12.9. The fourth-order valence-electron chi connectivity index (χ4n) is 4.90. The number of rotatable bonds is 8. The van der Waals surface area contributed by atoms with E-state index in [-0.39, 0.29) is 23.2 Å². The number of para-hydroxylation sites is 1. The number of nitrogens with zero attached hydrogens (tertiary/aromatic N) is 4. The molecule has 1 aliphatic rings. The number of likely N-dealkylation sites (N-methyl/N-ethyl adjacent to an activating group) is 1. The number of benzene rings is 2. The maximum Gasteiger partial charge on any atom is 0.288 e. The van der Waals surface area contributed by atoms with Gasteiger partial charge in [0.05, 0.1) is 5.39 Å². The Bertz CT molecular complexity index is 1510. The number of anilines is 1. The van der Waals surface area contributed by atoms with Gasteiger partial charge in [-0.3, -0.25) is 9.59 Å². The van der Waals surface area contributed by atoms with Crippen LogP contribution in [-0.2, 0) is 11.3 Å². The smallest absolute Gasteiger partial charge is 0.288 e. The van der Waals surface area contributed by atoms with Crippen molar-refractivity contribution in [3.63, 3.8) is 0 Å². The Kier molecular flexibility index (Phi) is 7.28. The van der Waals surface area contributed by atoms with Crippen LogP contribution >= 0.6 is 0 Å². The molecule has 3 N–H and O–H groups in total. The number of nitrogens with two attached hydrogens (primary N) is 1. The van der Waals surface area contributed by atoms with Gasteiger partial charge in [-0.25, -0.2) is 5.10 Å². The van der Waals surface area contributed by atoms with Crippen molar-refractivity contribution < 1.29 is 9.53 Å². The first-order valence-electron chi connectivity index (χ1n) is 12.7. The molecule has 9 nitrogen and oxygen atoms in total. The number of nitrogen functional groups attached to an aromatic ring is 1. The molecule has 38 heavy (non-hydrogen) atoms. The monoisotopic (exact) mass is 512 g/mol. The predicted octanol–water partition coefficient (Wildman–Crippen LogP) is 3.73. The van der Waals surface area contributed by atoms with Crippen LogP contribution < -0.4 is 16.0 Å². The van der Waals surface area contributed by atoms with Gasteiger partial charge in [-0.15, -0.1) is 0 Å². The topological polar surface area (TPSA) is 109 Å². The molecule has 0 bridgehead atoms. The van der Waals surface area contributed by atoms with Crippen LogP contribution in [0, 0.1) is 5.92 Å². The fourth-order valence-corrected chi connectivity index (χ4v) is 4.90. The standard InChI is InChI=1S/C29H32N6O3/c1-33(2)15-6-9-25(36)34-16-14-20(17-34)18-35-19-24(26-27(35)29(37)32-31-28(26)30)21-10-12-23(13-11-21)38-22-7-4-3-5-8-22/h3-13,19-20H,14-18H2,1-2H3,(H2,30,31)(H,32,37). The van der Waals surface area contributed by atoms with Gasteiger partial charge in [0.1, 0.15) is 17.0 Å². The number of hydrogen-bond acceptors (Lipinski definition) is 6. The second-order valence-electron chi connectivity index (χ2n) is 9.90. The average molecular weight is 513 g/mol. The first-order valence-corrected chi connectivity index (χ1v) is 12.7. The van der Waals surface area contributed by atoms with Gasteiger partial charge >= 0.3 is 0 Å². The molecule has 4 aromatic rings. The Morgan fingerprint density at radius 2 is 1.89 bits per heavy atom. The molecule has 0 aliphatic carbocycles. The van der Waals surface area contributed by atoms with E-state index in [0.717, 1.165) is 29.8 Å². The molecule has 0 radical (unpaired) electrons. The fraction of sp³-hybridized carbons (Fsp3) is 0.276. The molecular formula is C29H32N6O3. The van der Waals surface area contributed by atoms with Crippen molar-refractivity contribution in [3.05, 3.63) is 83.3 Å². The number of amides is 1. The summed E-state index contributed by atoms with van der Waals surface area (Å²) in [5, 5.41) is 7.17. The van der Waals surface area contributed by atoms with E-state index in [2.05, 4.69) is 10.2 Å². The molecule has 1 fully saturated rings. The van der Waals surface area contributed by atoms with Gasteiger partial charge in [0.25, 0.3) is 5.56 Å². The summed E-state index contributed by atoms with van der Waals surface area (Å²) < 4.78 is 7.88. The van der Waals surface area contributed by atoms with E-state index in [1.807, 2.05) is 95.3 Å². The summed E-state index contributed by atoms with van der Waals surface area (Å²) >= 11 is 0. The van der Waals surface area contributed by atoms with E-state index in [0.29, 0.717) is 36.3 Å². The van der Waals surface area contributed by atoms with Crippen LogP contribution in [0.1, 0.15) is 6.42 Å². The van der Waals surface area contributed by atoms with Gasteiger partial charge in [-0.2, -0.15) is 5.10 Å². The molecule has 1 atom stereocenters. The number of hydrogen-bond donors (Lipinski definition) is 2. The molecule has 196 valence electrons. The van der Waals surface area contributed by atoms with Gasteiger partial charge in [0.15, 0.2) is 5.82 Å². The van der Waals surface area contributed by atoms with Gasteiger partial charge in [0.2, 0.25) is 5.91 Å². The van der Waals surface area contributed by atoms with Crippen LogP contribution in [0.4, 0.5) is 5.82 Å². The second kappa shape index (κ2) is 10.9. The van der Waals surface area contributed by atoms with E-state index in [9.17, 15) is 9.59 Å². The maximum atomic E-state index is 12.9. The molecule has 3 heterocycles. The molecule has 2 aromatic carbocycles. The molecule has 1 saturated heterocycles. The van der Waals surface area contributed by atoms with Crippen molar-refractivity contribution in [1.29, 1.82) is 0 Å². The second-order valence-corrected chi connectivity index (χ2v) is 9.90. The summed E-state index contributed by atoms with van der Waals surface area (Å²) in [5.74, 6) is 1.99. The van der Waals surface area contributed by atoms with E-state index < -0.39 is 0 Å². The summed E-state index contributed by atoms with van der Waals surface area (Å²) in [6, 6.07) is 17.3. The normalized spacial score (nSPS) is 15.7. The van der Waals surface area contributed by atoms with Crippen molar-refractivity contribution in [2.24, 2.45) is 5.92 Å². The Balaban J connectivity index is 1.38. The third-order valence-corrected chi connectivity index (χ3v) is 6.76. The molecule has 9 heteroatoms. The number of aromatic nitrogens is 3. The zero-order valence-corrected chi connectivity index (χ0v) is 21.6. The van der Waals surface area contributed by atoms with Crippen LogP contribution in [0.15, 0.2) is 77.7 Å². The lowest BCUT2D eigenvalue weighted by Crippen LogP contribution is -2.28. The number of nitrogens with one attached hydrogen (secondary N) is 1. The van der Waals surface area contributed by atoms with E-state index in [1.165, 1.54) is 0 Å². The predicted molar refractivity (Wildman–Crippen MR) is 149 cm³/mol. The Labute approximate surface area is 221 Å². The lowest BCUT2D eigenvalue weighted by atomic mass is 10.1. The van der Waals surface area contributed by atoms with Crippen LogP contribution in [0.25, 0.3) is 22.0 Å². The summed E-state index contributed by atoms with van der Waals surface area (Å²) in [5.41, 5.74) is 8.20. The zero-order valence-electron chi connectivity index (χ0n) is 21.6. The first kappa shape index (κ1) is 25.3. The highest BCUT2D eigenvalue weighted by atomic mass is 16.5. The Morgan fingerprint density at radius 1 is 1.16 bits per heavy atom. The lowest BCUT2D eigenvalue weighted by Gasteiger charge is -2.15. The SMILES string of the molecule is CN(C)CC=CC(=O)N1CCC(Cn2cc(-c3ccc(Oc4ccccc4)cc3)c3c(N)n[nH]c(=O)c32)C1. The van der Waals surface area contributed by atoms with Gasteiger partial charge in [-0.05, 0) is 56.3 Å². The third kappa shape index (κ3) is 5.47. The highest BCUT2D eigenvalue weighted by Gasteiger charge is 2.27. The van der Waals surface area contributed by atoms with Crippen LogP contribution in [-0.4, -0.2) is 64.2 Å². The minimum Gasteiger partial charge on any atom is -0.457 e. The number of carbonyl (C=O) groups is 1. The van der Waals surface area contributed by atoms with Gasteiger partial charge < -0.3 is 24.8 Å². The van der Waals surface area contributed by atoms with E-state index in [4.69, 9.17) is 10.5 Å². The summed E-state index contributed by atoms with van der Waals surface area (Å²) in [6.07, 6.45) is 6.36. The number of carbonyl (C=O) groups excluding carboxylic acids is 1. The highest BCUT2D eigenvalue weighted by molar-refractivity contribution is 6.01. The summed E-state index contributed by atoms with van der Waals surface area (Å²) in [4.78, 5) is 29.4. The minimum atomic E-state index is -0.290. The molecule has 1 unspecified atom stereocenters. The molecular weight excluding hydrogens is 480 g/mol. The molecule has 2 aromatic heterocycles. The number of fused-ring (bicyclic) bond motifs is 1. The van der Waals surface area contributed by atoms with Crippen LogP contribution in [0.2, 0.25) is 0 Å². The number of likely N-dealkylation sites (tertiary alicyclic amines) is 1. The third-order valence-electron chi connectivity index (χ3n) is 6.76. The number of H-pyrrole nitrogens is 1. The highest BCUT2D eigenvalue weighted by Crippen LogP contribution is 2.34. The van der Waals surface area contributed by atoms with Gasteiger partial charge in [-0.1, -0.05) is 36.4 Å². The van der Waals surface area contributed by atoms with Crippen molar-refractivity contribution >= 4 is 22.6 Å². The average Bonchev–Trinajstić information content (AvgIpc) is 3.53. The zero-order chi connectivity index (χ0) is 26.6. The van der Waals surface area contributed by atoms with Crippen LogP contribution in [0.3, 0.4) is 0 Å². The van der Waals surface area contributed by atoms with E-state index in [1.54, 1.807) is 6.08 Å². The molecule has 1 aliphatic heterocycles. The lowest BCUT2D eigenvalue weighted by molar-refractivity contribution is -0.125. The molecule has 5 rings (SSSR count). The van der Waals surface area contributed by atoms with E-state index >= 15 is 0 Å². The largest absolute Gasteiger partial charge is 0.457 e. The molecule has 0 saturated carbocycles. The van der Waals surface area contributed by atoms with Crippen LogP contribution in [0.5, 0.6) is 11.5 Å². The van der Waals surface area contributed by atoms with Crippen molar-refractivity contribution in [1.82, 2.24) is 24.6 Å². The Hall–Kier alpha value is -4.37. The number of ether oxygens (including phenoxy) is 1. The Morgan fingerprint density at radius 3 is 2.63 bits per heavy atom.